The normalized spacial score (nSPS) is 12.2. The SMILES string of the molecule is Cc1nn(Cc2ccccc2)c(C)c1CNC(=O)[C@@H](C)N. The third-order valence-corrected chi connectivity index (χ3v) is 3.56. The number of carbonyl (C=O) groups excluding carboxylic acids is 1. The van der Waals surface area contributed by atoms with Crippen molar-refractivity contribution in [2.24, 2.45) is 5.73 Å². The molecule has 2 aromatic rings. The molecule has 5 nitrogen and oxygen atoms in total. The fourth-order valence-electron chi connectivity index (χ4n) is 2.24. The minimum Gasteiger partial charge on any atom is -0.351 e. The van der Waals surface area contributed by atoms with Gasteiger partial charge in [0.2, 0.25) is 5.91 Å². The Morgan fingerprint density at radius 1 is 1.33 bits per heavy atom. The quantitative estimate of drug-likeness (QED) is 0.875. The molecule has 2 rings (SSSR count). The lowest BCUT2D eigenvalue weighted by Crippen LogP contribution is -2.38. The van der Waals surface area contributed by atoms with Gasteiger partial charge in [0.1, 0.15) is 0 Å². The molecule has 1 amide bonds. The molecule has 112 valence electrons. The molecule has 0 aliphatic heterocycles. The topological polar surface area (TPSA) is 72.9 Å². The molecule has 1 atom stereocenters. The smallest absolute Gasteiger partial charge is 0.236 e. The van der Waals surface area contributed by atoms with Crippen LogP contribution in [-0.4, -0.2) is 21.7 Å². The lowest BCUT2D eigenvalue weighted by atomic mass is 10.2. The van der Waals surface area contributed by atoms with Crippen molar-refractivity contribution in [2.45, 2.75) is 39.9 Å². The van der Waals surface area contributed by atoms with Crippen LogP contribution in [0.2, 0.25) is 0 Å². The third-order valence-electron chi connectivity index (χ3n) is 3.56. The van der Waals surface area contributed by atoms with Crippen LogP contribution in [0.5, 0.6) is 0 Å². The lowest BCUT2D eigenvalue weighted by molar-refractivity contribution is -0.122. The van der Waals surface area contributed by atoms with Crippen molar-refractivity contribution in [3.8, 4) is 0 Å². The van der Waals surface area contributed by atoms with Gasteiger partial charge < -0.3 is 11.1 Å². The second kappa shape index (κ2) is 6.54. The Kier molecular flexibility index (Phi) is 4.75. The van der Waals surface area contributed by atoms with E-state index < -0.39 is 6.04 Å². The molecule has 1 heterocycles. The second-order valence-electron chi connectivity index (χ2n) is 5.30. The summed E-state index contributed by atoms with van der Waals surface area (Å²) in [6, 6.07) is 9.70. The molecule has 0 bridgehead atoms. The van der Waals surface area contributed by atoms with Gasteiger partial charge in [0.25, 0.3) is 0 Å². The summed E-state index contributed by atoms with van der Waals surface area (Å²) in [4.78, 5) is 11.6. The fraction of sp³-hybridized carbons (Fsp3) is 0.375. The van der Waals surface area contributed by atoms with Gasteiger partial charge in [-0.15, -0.1) is 0 Å². The molecule has 0 saturated heterocycles. The highest BCUT2D eigenvalue weighted by atomic mass is 16.2. The van der Waals surface area contributed by atoms with Crippen LogP contribution in [0, 0.1) is 13.8 Å². The molecule has 21 heavy (non-hydrogen) atoms. The van der Waals surface area contributed by atoms with Crippen LogP contribution >= 0.6 is 0 Å². The molecule has 0 fully saturated rings. The molecule has 1 aromatic heterocycles. The van der Waals surface area contributed by atoms with Crippen molar-refractivity contribution < 1.29 is 4.79 Å². The number of aromatic nitrogens is 2. The fourth-order valence-corrected chi connectivity index (χ4v) is 2.24. The monoisotopic (exact) mass is 286 g/mol. The van der Waals surface area contributed by atoms with Gasteiger partial charge in [-0.25, -0.2) is 0 Å². The maximum Gasteiger partial charge on any atom is 0.236 e. The van der Waals surface area contributed by atoms with Crippen LogP contribution < -0.4 is 11.1 Å². The van der Waals surface area contributed by atoms with Crippen molar-refractivity contribution in [1.82, 2.24) is 15.1 Å². The third kappa shape index (κ3) is 3.70. The van der Waals surface area contributed by atoms with Crippen LogP contribution in [0.25, 0.3) is 0 Å². The van der Waals surface area contributed by atoms with E-state index in [2.05, 4.69) is 22.5 Å². The van der Waals surface area contributed by atoms with Gasteiger partial charge in [0.15, 0.2) is 0 Å². The molecule has 3 N–H and O–H groups in total. The Balaban J connectivity index is 2.12. The number of aryl methyl sites for hydroxylation is 1. The van der Waals surface area contributed by atoms with Crippen LogP contribution in [0.1, 0.15) is 29.4 Å². The molecule has 0 unspecified atom stereocenters. The van der Waals surface area contributed by atoms with Gasteiger partial charge >= 0.3 is 0 Å². The molecule has 5 heteroatoms. The Hall–Kier alpha value is -2.14. The average molecular weight is 286 g/mol. The minimum absolute atomic E-state index is 0.149. The Bertz CT molecular complexity index is 617. The van der Waals surface area contributed by atoms with Crippen LogP contribution in [-0.2, 0) is 17.9 Å². The van der Waals surface area contributed by atoms with E-state index in [9.17, 15) is 4.79 Å². The summed E-state index contributed by atoms with van der Waals surface area (Å²) in [6.07, 6.45) is 0. The zero-order chi connectivity index (χ0) is 15.4. The molecule has 0 aliphatic carbocycles. The summed E-state index contributed by atoms with van der Waals surface area (Å²) in [5.74, 6) is -0.149. The number of hydrogen-bond acceptors (Lipinski definition) is 3. The van der Waals surface area contributed by atoms with Crippen molar-refractivity contribution >= 4 is 5.91 Å². The summed E-state index contributed by atoms with van der Waals surface area (Å²) >= 11 is 0. The summed E-state index contributed by atoms with van der Waals surface area (Å²) in [6.45, 7) is 6.85. The van der Waals surface area contributed by atoms with E-state index in [0.717, 1.165) is 23.5 Å². The molecule has 0 radical (unpaired) electrons. The number of amides is 1. The molecular formula is C16H22N4O. The second-order valence-corrected chi connectivity index (χ2v) is 5.30. The Labute approximate surface area is 125 Å². The average Bonchev–Trinajstić information content (AvgIpc) is 2.72. The number of rotatable bonds is 5. The minimum atomic E-state index is -0.495. The van der Waals surface area contributed by atoms with Crippen LogP contribution in [0.15, 0.2) is 30.3 Å². The first-order valence-electron chi connectivity index (χ1n) is 7.09. The van der Waals surface area contributed by atoms with Gasteiger partial charge in [-0.05, 0) is 26.3 Å². The van der Waals surface area contributed by atoms with E-state index in [1.807, 2.05) is 36.7 Å². The number of nitrogens with two attached hydrogens (primary N) is 1. The first-order chi connectivity index (χ1) is 9.99. The zero-order valence-corrected chi connectivity index (χ0v) is 12.8. The maximum atomic E-state index is 11.6. The zero-order valence-electron chi connectivity index (χ0n) is 12.8. The summed E-state index contributed by atoms with van der Waals surface area (Å²) < 4.78 is 1.97. The number of nitrogens with one attached hydrogen (secondary N) is 1. The van der Waals surface area contributed by atoms with Crippen molar-refractivity contribution in [1.29, 1.82) is 0 Å². The van der Waals surface area contributed by atoms with E-state index >= 15 is 0 Å². The van der Waals surface area contributed by atoms with E-state index in [1.54, 1.807) is 6.92 Å². The van der Waals surface area contributed by atoms with Gasteiger partial charge in [0.05, 0.1) is 18.3 Å². The molecular weight excluding hydrogens is 264 g/mol. The molecule has 0 spiro atoms. The van der Waals surface area contributed by atoms with E-state index in [1.165, 1.54) is 5.56 Å². The van der Waals surface area contributed by atoms with Crippen molar-refractivity contribution in [3.05, 3.63) is 52.8 Å². The molecule has 0 aliphatic rings. The molecule has 1 aromatic carbocycles. The summed E-state index contributed by atoms with van der Waals surface area (Å²) in [5, 5.41) is 7.40. The van der Waals surface area contributed by atoms with Crippen LogP contribution in [0.4, 0.5) is 0 Å². The largest absolute Gasteiger partial charge is 0.351 e. The number of hydrogen-bond donors (Lipinski definition) is 2. The standard InChI is InChI=1S/C16H22N4O/c1-11(17)16(21)18-9-15-12(2)19-20(13(15)3)10-14-7-5-4-6-8-14/h4-8,11H,9-10,17H2,1-3H3,(H,18,21)/t11-/m1/s1. The predicted octanol–water partition coefficient (Wildman–Crippen LogP) is 1.51. The van der Waals surface area contributed by atoms with Gasteiger partial charge in [-0.2, -0.15) is 5.10 Å². The lowest BCUT2D eigenvalue weighted by Gasteiger charge is -2.09. The maximum absolute atomic E-state index is 11.6. The predicted molar refractivity (Wildman–Crippen MR) is 82.7 cm³/mol. The van der Waals surface area contributed by atoms with Gasteiger partial charge in [0, 0.05) is 17.8 Å². The highest BCUT2D eigenvalue weighted by Gasteiger charge is 2.14. The van der Waals surface area contributed by atoms with Gasteiger partial charge in [-0.3, -0.25) is 9.48 Å². The van der Waals surface area contributed by atoms with Crippen molar-refractivity contribution in [3.63, 3.8) is 0 Å². The van der Waals surface area contributed by atoms with Crippen molar-refractivity contribution in [2.75, 3.05) is 0 Å². The highest BCUT2D eigenvalue weighted by Crippen LogP contribution is 2.14. The first kappa shape index (κ1) is 15.3. The summed E-state index contributed by atoms with van der Waals surface area (Å²) in [7, 11) is 0. The Morgan fingerprint density at radius 2 is 2.00 bits per heavy atom. The number of benzene rings is 1. The van der Waals surface area contributed by atoms with E-state index in [4.69, 9.17) is 5.73 Å². The first-order valence-corrected chi connectivity index (χ1v) is 7.09. The Morgan fingerprint density at radius 3 is 2.62 bits per heavy atom. The number of nitrogens with zero attached hydrogens (tertiary/aromatic N) is 2. The molecule has 0 saturated carbocycles. The van der Waals surface area contributed by atoms with E-state index in [-0.39, 0.29) is 5.91 Å². The van der Waals surface area contributed by atoms with Gasteiger partial charge in [-0.1, -0.05) is 30.3 Å². The van der Waals surface area contributed by atoms with E-state index in [0.29, 0.717) is 6.54 Å². The summed E-state index contributed by atoms with van der Waals surface area (Å²) in [5.41, 5.74) is 9.82. The van der Waals surface area contributed by atoms with Crippen LogP contribution in [0.3, 0.4) is 0 Å². The number of carbonyl (C=O) groups is 1. The highest BCUT2D eigenvalue weighted by molar-refractivity contribution is 5.80.